The van der Waals surface area contributed by atoms with Crippen LogP contribution >= 0.6 is 0 Å². The highest BCUT2D eigenvalue weighted by Gasteiger charge is 2.39. The Morgan fingerprint density at radius 2 is 2.17 bits per heavy atom. The Bertz CT molecular complexity index is 683. The average molecular weight is 334 g/mol. The molecule has 0 bridgehead atoms. The number of halogens is 1. The molecular formula is C16H19FN4O3. The lowest BCUT2D eigenvalue weighted by molar-refractivity contribution is -0.0366. The number of anilines is 1. The molecule has 0 saturated carbocycles. The number of amides is 3. The van der Waals surface area contributed by atoms with Gasteiger partial charge >= 0.3 is 6.03 Å². The van der Waals surface area contributed by atoms with Crippen molar-refractivity contribution in [1.29, 1.82) is 0 Å². The van der Waals surface area contributed by atoms with Gasteiger partial charge in [-0.3, -0.25) is 9.69 Å². The molecule has 1 aromatic carbocycles. The number of carbonyl (C=O) groups is 2. The van der Waals surface area contributed by atoms with E-state index in [1.165, 1.54) is 23.1 Å². The molecule has 3 amide bonds. The fourth-order valence-electron chi connectivity index (χ4n) is 3.56. The summed E-state index contributed by atoms with van der Waals surface area (Å²) in [4.78, 5) is 27.9. The lowest BCUT2D eigenvalue weighted by Crippen LogP contribution is -2.53. The van der Waals surface area contributed by atoms with E-state index in [9.17, 15) is 14.0 Å². The number of hydrogen-bond acceptors (Lipinski definition) is 4. The molecule has 0 unspecified atom stereocenters. The Morgan fingerprint density at radius 1 is 1.29 bits per heavy atom. The topological polar surface area (TPSA) is 73.9 Å². The van der Waals surface area contributed by atoms with Gasteiger partial charge in [-0.05, 0) is 18.2 Å². The van der Waals surface area contributed by atoms with Crippen molar-refractivity contribution in [1.82, 2.24) is 15.5 Å². The van der Waals surface area contributed by atoms with Gasteiger partial charge in [0.2, 0.25) is 0 Å². The van der Waals surface area contributed by atoms with Gasteiger partial charge < -0.3 is 20.3 Å². The minimum Gasteiger partial charge on any atom is -0.373 e. The average Bonchev–Trinajstić information content (AvgIpc) is 3.23. The Morgan fingerprint density at radius 3 is 2.96 bits per heavy atom. The number of hydrogen-bond donors (Lipinski definition) is 2. The lowest BCUT2D eigenvalue weighted by Gasteiger charge is -2.37. The first-order chi connectivity index (χ1) is 11.6. The van der Waals surface area contributed by atoms with Crippen LogP contribution in [0, 0.1) is 5.82 Å². The fraction of sp³-hybridized carbons (Fsp3) is 0.500. The van der Waals surface area contributed by atoms with Gasteiger partial charge in [-0.2, -0.15) is 0 Å². The SMILES string of the molecule is O=C1NCCN1c1ccc(F)c(C(=O)N2CCO[C@H]3CNC[C@H]32)c1. The van der Waals surface area contributed by atoms with Crippen LogP contribution in [0.25, 0.3) is 0 Å². The van der Waals surface area contributed by atoms with E-state index in [0.717, 1.165) is 0 Å². The molecule has 1 aromatic rings. The number of nitrogens with zero attached hydrogens (tertiary/aromatic N) is 2. The van der Waals surface area contributed by atoms with E-state index >= 15 is 0 Å². The predicted molar refractivity (Wildman–Crippen MR) is 84.6 cm³/mol. The normalized spacial score (nSPS) is 26.5. The quantitative estimate of drug-likeness (QED) is 0.809. The number of nitrogens with one attached hydrogen (secondary N) is 2. The molecule has 3 heterocycles. The molecule has 2 N–H and O–H groups in total. The maximum Gasteiger partial charge on any atom is 0.321 e. The summed E-state index contributed by atoms with van der Waals surface area (Å²) in [6.45, 7) is 3.28. The zero-order valence-electron chi connectivity index (χ0n) is 13.1. The van der Waals surface area contributed by atoms with Crippen LogP contribution in [0.4, 0.5) is 14.9 Å². The second-order valence-electron chi connectivity index (χ2n) is 6.18. The largest absolute Gasteiger partial charge is 0.373 e. The molecular weight excluding hydrogens is 315 g/mol. The van der Waals surface area contributed by atoms with E-state index in [0.29, 0.717) is 45.0 Å². The zero-order valence-corrected chi connectivity index (χ0v) is 13.1. The second-order valence-corrected chi connectivity index (χ2v) is 6.18. The molecule has 3 aliphatic heterocycles. The number of benzene rings is 1. The molecule has 7 nitrogen and oxygen atoms in total. The standard InChI is InChI=1S/C16H19FN4O3/c17-12-2-1-10(20-4-3-19-16(20)23)7-11(12)15(22)21-5-6-24-14-9-18-8-13(14)21/h1-2,7,13-14,18H,3-6,8-9H2,(H,19,23)/t13-,14+/m1/s1. The van der Waals surface area contributed by atoms with Crippen LogP contribution in [0.3, 0.4) is 0 Å². The monoisotopic (exact) mass is 334 g/mol. The molecule has 0 aromatic heterocycles. The first-order valence-corrected chi connectivity index (χ1v) is 8.13. The molecule has 2 atom stereocenters. The molecule has 128 valence electrons. The molecule has 3 fully saturated rings. The fourth-order valence-corrected chi connectivity index (χ4v) is 3.56. The van der Waals surface area contributed by atoms with E-state index in [1.807, 2.05) is 0 Å². The molecule has 4 rings (SSSR count). The minimum atomic E-state index is -0.572. The molecule has 24 heavy (non-hydrogen) atoms. The number of morpholine rings is 1. The van der Waals surface area contributed by atoms with E-state index in [1.54, 1.807) is 4.90 Å². The predicted octanol–water partition coefficient (Wildman–Crippen LogP) is 0.168. The van der Waals surface area contributed by atoms with E-state index in [2.05, 4.69) is 10.6 Å². The number of ether oxygens (including phenoxy) is 1. The summed E-state index contributed by atoms with van der Waals surface area (Å²) in [6, 6.07) is 3.93. The van der Waals surface area contributed by atoms with Gasteiger partial charge in [0.05, 0.1) is 24.3 Å². The van der Waals surface area contributed by atoms with Crippen molar-refractivity contribution < 1.29 is 18.7 Å². The third-order valence-electron chi connectivity index (χ3n) is 4.80. The van der Waals surface area contributed by atoms with Crippen LogP contribution in [-0.2, 0) is 4.74 Å². The van der Waals surface area contributed by atoms with E-state index in [-0.39, 0.29) is 29.6 Å². The van der Waals surface area contributed by atoms with Crippen LogP contribution in [0.5, 0.6) is 0 Å². The van der Waals surface area contributed by atoms with Crippen molar-refractivity contribution in [3.8, 4) is 0 Å². The summed E-state index contributed by atoms with van der Waals surface area (Å²) < 4.78 is 19.9. The van der Waals surface area contributed by atoms with Gasteiger partial charge in [-0.15, -0.1) is 0 Å². The third kappa shape index (κ3) is 2.51. The van der Waals surface area contributed by atoms with Crippen LogP contribution in [0.15, 0.2) is 18.2 Å². The highest BCUT2D eigenvalue weighted by atomic mass is 19.1. The summed E-state index contributed by atoms with van der Waals surface area (Å²) in [5.41, 5.74) is 0.531. The molecule has 3 aliphatic rings. The van der Waals surface area contributed by atoms with Crippen molar-refractivity contribution in [2.24, 2.45) is 0 Å². The highest BCUT2D eigenvalue weighted by molar-refractivity contribution is 5.99. The summed E-state index contributed by atoms with van der Waals surface area (Å²) in [5, 5.41) is 5.90. The summed E-state index contributed by atoms with van der Waals surface area (Å²) >= 11 is 0. The second kappa shape index (κ2) is 6.03. The first kappa shape index (κ1) is 15.3. The third-order valence-corrected chi connectivity index (χ3v) is 4.80. The minimum absolute atomic E-state index is 0.000231. The Kier molecular flexibility index (Phi) is 3.85. The number of fused-ring (bicyclic) bond motifs is 1. The van der Waals surface area contributed by atoms with Crippen molar-refractivity contribution in [2.75, 3.05) is 44.2 Å². The van der Waals surface area contributed by atoms with Crippen LogP contribution < -0.4 is 15.5 Å². The molecule has 3 saturated heterocycles. The number of urea groups is 1. The van der Waals surface area contributed by atoms with Gasteiger partial charge in [0.25, 0.3) is 5.91 Å². The van der Waals surface area contributed by atoms with Crippen molar-refractivity contribution in [3.63, 3.8) is 0 Å². The number of rotatable bonds is 2. The smallest absolute Gasteiger partial charge is 0.321 e. The highest BCUT2D eigenvalue weighted by Crippen LogP contribution is 2.25. The van der Waals surface area contributed by atoms with E-state index in [4.69, 9.17) is 4.74 Å². The maximum absolute atomic E-state index is 14.3. The van der Waals surface area contributed by atoms with Crippen LogP contribution in [0.2, 0.25) is 0 Å². The molecule has 0 radical (unpaired) electrons. The molecule has 8 heteroatoms. The van der Waals surface area contributed by atoms with Crippen molar-refractivity contribution >= 4 is 17.6 Å². The van der Waals surface area contributed by atoms with Gasteiger partial charge in [-0.25, -0.2) is 9.18 Å². The summed E-state index contributed by atoms with van der Waals surface area (Å²) in [6.07, 6.45) is -0.0432. The number of carbonyl (C=O) groups excluding carboxylic acids is 2. The first-order valence-electron chi connectivity index (χ1n) is 8.13. The molecule has 0 spiro atoms. The maximum atomic E-state index is 14.3. The van der Waals surface area contributed by atoms with Gasteiger partial charge in [-0.1, -0.05) is 0 Å². The summed E-state index contributed by atoms with van der Waals surface area (Å²) in [7, 11) is 0. The van der Waals surface area contributed by atoms with Gasteiger partial charge in [0, 0.05) is 38.4 Å². The van der Waals surface area contributed by atoms with Crippen LogP contribution in [-0.4, -0.2) is 68.3 Å². The van der Waals surface area contributed by atoms with Gasteiger partial charge in [0.15, 0.2) is 0 Å². The van der Waals surface area contributed by atoms with Crippen molar-refractivity contribution in [2.45, 2.75) is 12.1 Å². The summed E-state index contributed by atoms with van der Waals surface area (Å²) in [5.74, 6) is -0.923. The van der Waals surface area contributed by atoms with Crippen molar-refractivity contribution in [3.05, 3.63) is 29.6 Å². The van der Waals surface area contributed by atoms with Crippen LogP contribution in [0.1, 0.15) is 10.4 Å². The Labute approximate surface area is 138 Å². The Balaban J connectivity index is 1.62. The van der Waals surface area contributed by atoms with Gasteiger partial charge in [0.1, 0.15) is 5.82 Å². The molecule has 0 aliphatic carbocycles. The zero-order chi connectivity index (χ0) is 16.7. The lowest BCUT2D eigenvalue weighted by atomic mass is 10.1. The Hall–Kier alpha value is -2.19. The van der Waals surface area contributed by atoms with E-state index < -0.39 is 5.82 Å².